The molecule has 0 aliphatic carbocycles. The van der Waals surface area contributed by atoms with Crippen LogP contribution in [0, 0.1) is 13.8 Å². The predicted octanol–water partition coefficient (Wildman–Crippen LogP) is 1.77. The van der Waals surface area contributed by atoms with Gasteiger partial charge in [-0.25, -0.2) is 4.79 Å². The van der Waals surface area contributed by atoms with Crippen LogP contribution in [0.3, 0.4) is 0 Å². The summed E-state index contributed by atoms with van der Waals surface area (Å²) < 4.78 is 1.61. The zero-order valence-corrected chi connectivity index (χ0v) is 12.4. The van der Waals surface area contributed by atoms with E-state index in [9.17, 15) is 14.4 Å². The van der Waals surface area contributed by atoms with Crippen molar-refractivity contribution in [2.75, 3.05) is 0 Å². The minimum atomic E-state index is -1.60. The number of carboxylic acid groups (broad SMARTS) is 1. The van der Waals surface area contributed by atoms with E-state index in [4.69, 9.17) is 5.11 Å². The Bertz CT molecular complexity index is 729. The third kappa shape index (κ3) is 3.66. The maximum Gasteiger partial charge on any atom is 0.372 e. The van der Waals surface area contributed by atoms with E-state index in [1.54, 1.807) is 17.8 Å². The van der Waals surface area contributed by atoms with Gasteiger partial charge in [-0.1, -0.05) is 29.8 Å². The predicted molar refractivity (Wildman–Crippen MR) is 78.8 cm³/mol. The van der Waals surface area contributed by atoms with Gasteiger partial charge in [-0.3, -0.25) is 14.3 Å². The summed E-state index contributed by atoms with van der Waals surface area (Å²) in [6.45, 7) is 4.16. The molecule has 1 heterocycles. The van der Waals surface area contributed by atoms with Gasteiger partial charge in [0.15, 0.2) is 5.78 Å². The monoisotopic (exact) mass is 300 g/mol. The second-order valence-electron chi connectivity index (χ2n) is 5.14. The molecule has 1 aromatic heterocycles. The molecule has 0 spiro atoms. The van der Waals surface area contributed by atoms with Crippen molar-refractivity contribution in [2.24, 2.45) is 0 Å². The average Bonchev–Trinajstić information content (AvgIpc) is 2.82. The summed E-state index contributed by atoms with van der Waals surface area (Å²) in [6.07, 6.45) is 0.902. The Morgan fingerprint density at radius 2 is 1.77 bits per heavy atom. The topological polar surface area (TPSA) is 89.3 Å². The summed E-state index contributed by atoms with van der Waals surface area (Å²) in [5, 5.41) is 12.8. The lowest BCUT2D eigenvalue weighted by Crippen LogP contribution is -2.17. The first-order chi connectivity index (χ1) is 10.4. The maximum absolute atomic E-state index is 12.0. The molecule has 114 valence electrons. The molecule has 6 heteroatoms. The smallest absolute Gasteiger partial charge is 0.372 e. The maximum atomic E-state index is 12.0. The van der Waals surface area contributed by atoms with Gasteiger partial charge < -0.3 is 5.11 Å². The van der Waals surface area contributed by atoms with Crippen LogP contribution in [-0.2, 0) is 16.1 Å². The third-order valence-electron chi connectivity index (χ3n) is 3.27. The van der Waals surface area contributed by atoms with Crippen molar-refractivity contribution in [3.63, 3.8) is 0 Å². The quantitative estimate of drug-likeness (QED) is 0.499. The number of hydrogen-bond acceptors (Lipinski definition) is 4. The number of carbonyl (C=O) groups excluding carboxylic acids is 2. The van der Waals surface area contributed by atoms with Crippen LogP contribution in [0.1, 0.15) is 33.6 Å². The van der Waals surface area contributed by atoms with Gasteiger partial charge in [-0.15, -0.1) is 0 Å². The Morgan fingerprint density at radius 1 is 1.14 bits per heavy atom. The largest absolute Gasteiger partial charge is 0.475 e. The minimum absolute atomic E-state index is 0.279. The van der Waals surface area contributed by atoms with E-state index < -0.39 is 24.0 Å². The fraction of sp³-hybridized carbons (Fsp3) is 0.250. The van der Waals surface area contributed by atoms with E-state index >= 15 is 0 Å². The number of aromatic nitrogens is 2. The van der Waals surface area contributed by atoms with Crippen LogP contribution in [-0.4, -0.2) is 32.4 Å². The first-order valence-corrected chi connectivity index (χ1v) is 6.75. The second-order valence-corrected chi connectivity index (χ2v) is 5.14. The summed E-state index contributed by atoms with van der Waals surface area (Å²) in [4.78, 5) is 33.6. The molecule has 0 atom stereocenters. The van der Waals surface area contributed by atoms with E-state index in [0.717, 1.165) is 11.1 Å². The fourth-order valence-electron chi connectivity index (χ4n) is 2.07. The molecule has 22 heavy (non-hydrogen) atoms. The van der Waals surface area contributed by atoms with E-state index in [-0.39, 0.29) is 5.56 Å². The van der Waals surface area contributed by atoms with Crippen LogP contribution in [0.2, 0.25) is 0 Å². The first kappa shape index (κ1) is 15.6. The zero-order valence-electron chi connectivity index (χ0n) is 12.4. The van der Waals surface area contributed by atoms with Crippen molar-refractivity contribution < 1.29 is 19.5 Å². The normalized spacial score (nSPS) is 10.5. The van der Waals surface area contributed by atoms with E-state index in [2.05, 4.69) is 5.10 Å². The summed E-state index contributed by atoms with van der Waals surface area (Å²) in [5.41, 5.74) is 2.95. The number of hydrogen-bond donors (Lipinski definition) is 1. The number of aliphatic carboxylic acids is 1. The Balaban J connectivity index is 2.14. The van der Waals surface area contributed by atoms with Gasteiger partial charge >= 0.3 is 5.97 Å². The molecule has 0 unspecified atom stereocenters. The van der Waals surface area contributed by atoms with Crippen LogP contribution < -0.4 is 0 Å². The van der Waals surface area contributed by atoms with Crippen LogP contribution in [0.4, 0.5) is 0 Å². The van der Waals surface area contributed by atoms with Gasteiger partial charge in [0, 0.05) is 6.20 Å². The number of carboxylic acids is 1. The second kappa shape index (κ2) is 6.34. The van der Waals surface area contributed by atoms with Gasteiger partial charge in [0.25, 0.3) is 0 Å². The number of Topliss-reactive ketones (excluding diaryl/α,β-unsaturated/α-hetero) is 2. The van der Waals surface area contributed by atoms with Crippen LogP contribution in [0.5, 0.6) is 0 Å². The Morgan fingerprint density at radius 3 is 2.36 bits per heavy atom. The highest BCUT2D eigenvalue weighted by molar-refractivity contribution is 6.37. The molecule has 0 saturated carbocycles. The number of carbonyl (C=O) groups is 3. The van der Waals surface area contributed by atoms with Gasteiger partial charge in [0.05, 0.1) is 24.2 Å². The first-order valence-electron chi connectivity index (χ1n) is 6.75. The lowest BCUT2D eigenvalue weighted by Gasteiger charge is -2.02. The molecule has 0 fully saturated rings. The standard InChI is InChI=1S/C16H16N2O4/c1-10-3-5-12(6-4-10)8-18-9-13(11(2)17-18)14(19)7-15(20)16(21)22/h3-6,9H,7-8H2,1-2H3,(H,21,22). The van der Waals surface area contributed by atoms with Gasteiger partial charge in [-0.2, -0.15) is 5.10 Å². The highest BCUT2D eigenvalue weighted by Gasteiger charge is 2.20. The summed E-state index contributed by atoms with van der Waals surface area (Å²) >= 11 is 0. The molecule has 0 bridgehead atoms. The average molecular weight is 300 g/mol. The molecule has 0 radical (unpaired) electrons. The fourth-order valence-corrected chi connectivity index (χ4v) is 2.07. The number of aryl methyl sites for hydroxylation is 2. The molecule has 0 amide bonds. The van der Waals surface area contributed by atoms with Gasteiger partial charge in [0.2, 0.25) is 5.78 Å². The Hall–Kier alpha value is -2.76. The molecule has 0 aliphatic rings. The lowest BCUT2D eigenvalue weighted by atomic mass is 10.1. The van der Waals surface area contributed by atoms with Crippen LogP contribution >= 0.6 is 0 Å². The minimum Gasteiger partial charge on any atom is -0.475 e. The highest BCUT2D eigenvalue weighted by atomic mass is 16.4. The molecule has 6 nitrogen and oxygen atoms in total. The SMILES string of the molecule is Cc1ccc(Cn2cc(C(=O)CC(=O)C(=O)O)c(C)n2)cc1. The highest BCUT2D eigenvalue weighted by Crippen LogP contribution is 2.12. The third-order valence-corrected chi connectivity index (χ3v) is 3.27. The summed E-state index contributed by atoms with van der Waals surface area (Å²) in [5.74, 6) is -3.24. The number of rotatable bonds is 6. The van der Waals surface area contributed by atoms with Crippen molar-refractivity contribution in [1.82, 2.24) is 9.78 Å². The molecular formula is C16H16N2O4. The zero-order chi connectivity index (χ0) is 16.3. The van der Waals surface area contributed by atoms with Crippen molar-refractivity contribution in [3.05, 3.63) is 52.8 Å². The van der Waals surface area contributed by atoms with Crippen molar-refractivity contribution in [1.29, 1.82) is 0 Å². The summed E-state index contributed by atoms with van der Waals surface area (Å²) in [6, 6.07) is 7.93. The van der Waals surface area contributed by atoms with Crippen LogP contribution in [0.25, 0.3) is 0 Å². The van der Waals surface area contributed by atoms with E-state index in [1.165, 1.54) is 0 Å². The molecule has 2 aromatic rings. The summed E-state index contributed by atoms with van der Waals surface area (Å²) in [7, 11) is 0. The molecule has 0 aliphatic heterocycles. The molecule has 2 rings (SSSR count). The van der Waals surface area contributed by atoms with Crippen molar-refractivity contribution in [3.8, 4) is 0 Å². The van der Waals surface area contributed by atoms with E-state index in [0.29, 0.717) is 12.2 Å². The molecule has 1 aromatic carbocycles. The lowest BCUT2D eigenvalue weighted by molar-refractivity contribution is -0.148. The molecule has 1 N–H and O–H groups in total. The number of benzene rings is 1. The number of ketones is 2. The molecular weight excluding hydrogens is 284 g/mol. The Labute approximate surface area is 127 Å². The number of nitrogens with zero attached hydrogens (tertiary/aromatic N) is 2. The van der Waals surface area contributed by atoms with Crippen molar-refractivity contribution in [2.45, 2.75) is 26.8 Å². The van der Waals surface area contributed by atoms with Gasteiger partial charge in [-0.05, 0) is 19.4 Å². The molecule has 0 saturated heterocycles. The van der Waals surface area contributed by atoms with Crippen LogP contribution in [0.15, 0.2) is 30.5 Å². The van der Waals surface area contributed by atoms with Gasteiger partial charge in [0.1, 0.15) is 0 Å². The Kier molecular flexibility index (Phi) is 4.50. The van der Waals surface area contributed by atoms with E-state index in [1.807, 2.05) is 31.2 Å². The van der Waals surface area contributed by atoms with Crippen molar-refractivity contribution >= 4 is 17.5 Å².